The second-order valence-electron chi connectivity index (χ2n) is 5.53. The van der Waals surface area contributed by atoms with Crippen molar-refractivity contribution in [2.45, 2.75) is 12.3 Å². The van der Waals surface area contributed by atoms with Gasteiger partial charge in [-0.1, -0.05) is 24.3 Å². The lowest BCUT2D eigenvalue weighted by atomic mass is 9.77. The Kier molecular flexibility index (Phi) is 4.56. The third-order valence-electron chi connectivity index (χ3n) is 3.66. The topological polar surface area (TPSA) is 43.8 Å². The number of likely N-dealkylation sites (N-methyl/N-ethyl adjacent to an activating group) is 1. The molecule has 1 aromatic rings. The highest BCUT2D eigenvalue weighted by atomic mass is 16.4. The molecule has 0 fully saturated rings. The molecule has 1 N–H and O–H groups in total. The molecule has 1 aromatic carbocycles. The van der Waals surface area contributed by atoms with E-state index in [4.69, 9.17) is 5.11 Å². The number of benzene rings is 1. The van der Waals surface area contributed by atoms with Crippen LogP contribution in [0, 0.1) is 0 Å². The molecule has 0 heterocycles. The van der Waals surface area contributed by atoms with Crippen LogP contribution in [0.2, 0.25) is 0 Å². The van der Waals surface area contributed by atoms with Gasteiger partial charge in [-0.25, -0.2) is 0 Å². The Morgan fingerprint density at radius 2 is 2.05 bits per heavy atom. The zero-order valence-electron chi connectivity index (χ0n) is 11.7. The summed E-state index contributed by atoms with van der Waals surface area (Å²) in [6.07, 6.45) is 1.08. The van der Waals surface area contributed by atoms with Crippen molar-refractivity contribution in [3.05, 3.63) is 35.4 Å². The molecule has 2 rings (SSSR count). The summed E-state index contributed by atoms with van der Waals surface area (Å²) in [7, 11) is 4.02. The highest BCUT2D eigenvalue weighted by Crippen LogP contribution is 2.35. The molecule has 19 heavy (non-hydrogen) atoms. The fourth-order valence-electron chi connectivity index (χ4n) is 2.60. The monoisotopic (exact) mass is 262 g/mol. The first-order valence-electron chi connectivity index (χ1n) is 6.73. The highest BCUT2D eigenvalue weighted by molar-refractivity contribution is 5.69. The summed E-state index contributed by atoms with van der Waals surface area (Å²) < 4.78 is 0. The van der Waals surface area contributed by atoms with Gasteiger partial charge in [-0.05, 0) is 31.6 Å². The Hall–Kier alpha value is -1.39. The molecule has 1 unspecified atom stereocenters. The molecular weight excluding hydrogens is 240 g/mol. The van der Waals surface area contributed by atoms with E-state index >= 15 is 0 Å². The molecule has 0 bridgehead atoms. The zero-order chi connectivity index (χ0) is 13.8. The van der Waals surface area contributed by atoms with Gasteiger partial charge >= 0.3 is 5.97 Å². The maximum Gasteiger partial charge on any atom is 0.317 e. The van der Waals surface area contributed by atoms with E-state index in [0.29, 0.717) is 5.92 Å². The van der Waals surface area contributed by atoms with Crippen LogP contribution in [-0.4, -0.2) is 61.2 Å². The van der Waals surface area contributed by atoms with Crippen LogP contribution in [-0.2, 0) is 11.2 Å². The van der Waals surface area contributed by atoms with Gasteiger partial charge in [0.15, 0.2) is 0 Å². The SMILES string of the molecule is CN(C)CCN(CC(=O)O)CC1Cc2ccccc21. The van der Waals surface area contributed by atoms with E-state index in [1.54, 1.807) is 0 Å². The predicted octanol–water partition coefficient (Wildman–Crippen LogP) is 1.27. The van der Waals surface area contributed by atoms with Gasteiger partial charge in [0, 0.05) is 25.6 Å². The van der Waals surface area contributed by atoms with Crippen LogP contribution in [0.3, 0.4) is 0 Å². The van der Waals surface area contributed by atoms with Crippen molar-refractivity contribution in [1.29, 1.82) is 0 Å². The van der Waals surface area contributed by atoms with Crippen molar-refractivity contribution in [2.75, 3.05) is 40.3 Å². The fourth-order valence-corrected chi connectivity index (χ4v) is 2.60. The largest absolute Gasteiger partial charge is 0.480 e. The quantitative estimate of drug-likeness (QED) is 0.804. The van der Waals surface area contributed by atoms with E-state index in [1.807, 2.05) is 19.0 Å². The van der Waals surface area contributed by atoms with Crippen molar-refractivity contribution in [1.82, 2.24) is 9.80 Å². The minimum absolute atomic E-state index is 0.131. The van der Waals surface area contributed by atoms with Gasteiger partial charge in [0.25, 0.3) is 0 Å². The zero-order valence-corrected chi connectivity index (χ0v) is 11.7. The van der Waals surface area contributed by atoms with Crippen molar-refractivity contribution in [3.8, 4) is 0 Å². The van der Waals surface area contributed by atoms with Crippen LogP contribution in [0.25, 0.3) is 0 Å². The summed E-state index contributed by atoms with van der Waals surface area (Å²) in [5.74, 6) is -0.246. The average Bonchev–Trinajstić information content (AvgIpc) is 2.32. The number of aliphatic carboxylic acids is 1. The molecule has 0 saturated carbocycles. The smallest absolute Gasteiger partial charge is 0.317 e. The summed E-state index contributed by atoms with van der Waals surface area (Å²) >= 11 is 0. The first kappa shape index (κ1) is 14.0. The lowest BCUT2D eigenvalue weighted by Gasteiger charge is -2.34. The highest BCUT2D eigenvalue weighted by Gasteiger charge is 2.27. The first-order chi connectivity index (χ1) is 9.06. The Labute approximate surface area is 114 Å². The van der Waals surface area contributed by atoms with Gasteiger partial charge in [0.1, 0.15) is 0 Å². The van der Waals surface area contributed by atoms with Gasteiger partial charge in [-0.3, -0.25) is 9.69 Å². The van der Waals surface area contributed by atoms with Crippen LogP contribution in [0.15, 0.2) is 24.3 Å². The van der Waals surface area contributed by atoms with E-state index in [-0.39, 0.29) is 6.54 Å². The van der Waals surface area contributed by atoms with Crippen LogP contribution in [0.5, 0.6) is 0 Å². The maximum absolute atomic E-state index is 10.9. The second-order valence-corrected chi connectivity index (χ2v) is 5.53. The molecule has 4 heteroatoms. The third-order valence-corrected chi connectivity index (χ3v) is 3.66. The van der Waals surface area contributed by atoms with Crippen LogP contribution < -0.4 is 0 Å². The number of carboxylic acids is 1. The molecule has 0 aromatic heterocycles. The van der Waals surface area contributed by atoms with Crippen molar-refractivity contribution >= 4 is 5.97 Å². The van der Waals surface area contributed by atoms with Crippen molar-refractivity contribution in [2.24, 2.45) is 0 Å². The van der Waals surface area contributed by atoms with Crippen LogP contribution in [0.4, 0.5) is 0 Å². The number of hydrogen-bond acceptors (Lipinski definition) is 3. The molecule has 1 aliphatic rings. The summed E-state index contributed by atoms with van der Waals surface area (Å²) in [5, 5.41) is 8.99. The van der Waals surface area contributed by atoms with Crippen LogP contribution in [0.1, 0.15) is 17.0 Å². The molecule has 0 aliphatic heterocycles. The van der Waals surface area contributed by atoms with E-state index in [2.05, 4.69) is 29.2 Å². The number of carboxylic acid groups (broad SMARTS) is 1. The first-order valence-corrected chi connectivity index (χ1v) is 6.73. The molecule has 0 radical (unpaired) electrons. The minimum Gasteiger partial charge on any atom is -0.480 e. The normalized spacial score (nSPS) is 17.4. The molecule has 0 spiro atoms. The summed E-state index contributed by atoms with van der Waals surface area (Å²) in [4.78, 5) is 15.1. The lowest BCUT2D eigenvalue weighted by molar-refractivity contribution is -0.138. The summed E-state index contributed by atoms with van der Waals surface area (Å²) in [6.45, 7) is 2.67. The van der Waals surface area contributed by atoms with E-state index in [1.165, 1.54) is 11.1 Å². The number of nitrogens with zero attached hydrogens (tertiary/aromatic N) is 2. The van der Waals surface area contributed by atoms with Crippen LogP contribution >= 0.6 is 0 Å². The number of hydrogen-bond donors (Lipinski definition) is 1. The minimum atomic E-state index is -0.744. The summed E-state index contributed by atoms with van der Waals surface area (Å²) in [5.41, 5.74) is 2.80. The van der Waals surface area contributed by atoms with E-state index in [9.17, 15) is 4.79 Å². The van der Waals surface area contributed by atoms with Crippen molar-refractivity contribution in [3.63, 3.8) is 0 Å². The van der Waals surface area contributed by atoms with Gasteiger partial charge < -0.3 is 10.0 Å². The molecule has 1 aliphatic carbocycles. The number of carbonyl (C=O) groups is 1. The van der Waals surface area contributed by atoms with E-state index in [0.717, 1.165) is 26.1 Å². The molecular formula is C15H22N2O2. The molecule has 1 atom stereocenters. The molecule has 4 nitrogen and oxygen atoms in total. The maximum atomic E-state index is 10.9. The Morgan fingerprint density at radius 1 is 1.32 bits per heavy atom. The van der Waals surface area contributed by atoms with Gasteiger partial charge in [-0.15, -0.1) is 0 Å². The summed E-state index contributed by atoms with van der Waals surface area (Å²) in [6, 6.07) is 8.45. The predicted molar refractivity (Wildman–Crippen MR) is 75.5 cm³/mol. The standard InChI is InChI=1S/C15H22N2O2/c1-16(2)7-8-17(11-15(18)19)10-13-9-12-5-3-4-6-14(12)13/h3-6,13H,7-11H2,1-2H3,(H,18,19). The molecule has 0 amide bonds. The third kappa shape index (κ3) is 3.78. The lowest BCUT2D eigenvalue weighted by Crippen LogP contribution is -2.40. The van der Waals surface area contributed by atoms with Gasteiger partial charge in [-0.2, -0.15) is 0 Å². The van der Waals surface area contributed by atoms with Gasteiger partial charge in [0.2, 0.25) is 0 Å². The fraction of sp³-hybridized carbons (Fsp3) is 0.533. The van der Waals surface area contributed by atoms with Gasteiger partial charge in [0.05, 0.1) is 6.54 Å². The molecule has 104 valence electrons. The van der Waals surface area contributed by atoms with Crippen molar-refractivity contribution < 1.29 is 9.90 Å². The average molecular weight is 262 g/mol. The van der Waals surface area contributed by atoms with E-state index < -0.39 is 5.97 Å². The number of rotatable bonds is 7. The Morgan fingerprint density at radius 3 is 2.68 bits per heavy atom. The Bertz CT molecular complexity index is 446. The second kappa shape index (κ2) is 6.17. The number of fused-ring (bicyclic) bond motifs is 1. The Balaban J connectivity index is 1.92. The molecule has 0 saturated heterocycles.